The Morgan fingerprint density at radius 2 is 2.00 bits per heavy atom. The Morgan fingerprint density at radius 1 is 1.09 bits per heavy atom. The minimum Gasteiger partial charge on any atom is -0.485 e. The summed E-state index contributed by atoms with van der Waals surface area (Å²) in [5.41, 5.74) is 0. The molecule has 23 heavy (non-hydrogen) atoms. The molecule has 8 heteroatoms. The van der Waals surface area contributed by atoms with Crippen molar-refractivity contribution in [1.82, 2.24) is 19.8 Å². The van der Waals surface area contributed by atoms with Gasteiger partial charge >= 0.3 is 0 Å². The van der Waals surface area contributed by atoms with E-state index in [9.17, 15) is 0 Å². The van der Waals surface area contributed by atoms with Crippen LogP contribution in [0.15, 0.2) is 41.8 Å². The molecule has 4 heterocycles. The molecule has 5 rings (SSSR count). The first-order valence-electron chi connectivity index (χ1n) is 7.03. The molecule has 1 atom stereocenters. The van der Waals surface area contributed by atoms with E-state index in [-0.39, 0.29) is 6.10 Å². The zero-order valence-electron chi connectivity index (χ0n) is 11.7. The second-order valence-electron chi connectivity index (χ2n) is 5.00. The highest BCUT2D eigenvalue weighted by molar-refractivity contribution is 7.23. The van der Waals surface area contributed by atoms with E-state index in [1.165, 1.54) is 11.3 Å². The van der Waals surface area contributed by atoms with Crippen LogP contribution in [0.5, 0.6) is 11.5 Å². The monoisotopic (exact) mass is 342 g/mol. The molecule has 0 aliphatic carbocycles. The Kier molecular flexibility index (Phi) is 2.85. The Bertz CT molecular complexity index is 977. The molecular formula is C15H10N4O2S2. The summed E-state index contributed by atoms with van der Waals surface area (Å²) in [6, 6.07) is 11.7. The van der Waals surface area contributed by atoms with E-state index in [0.29, 0.717) is 18.2 Å². The van der Waals surface area contributed by atoms with Gasteiger partial charge in [-0.15, -0.1) is 21.5 Å². The maximum atomic E-state index is 6.00. The summed E-state index contributed by atoms with van der Waals surface area (Å²) >= 11 is 3.17. The number of ether oxygens (including phenoxy) is 2. The first-order chi connectivity index (χ1) is 11.4. The van der Waals surface area contributed by atoms with Crippen molar-refractivity contribution in [2.45, 2.75) is 6.10 Å². The minimum atomic E-state index is -0.321. The van der Waals surface area contributed by atoms with Gasteiger partial charge in [-0.05, 0) is 23.6 Å². The second-order valence-corrected chi connectivity index (χ2v) is 6.90. The molecular weight excluding hydrogens is 332 g/mol. The molecule has 0 unspecified atom stereocenters. The van der Waals surface area contributed by atoms with E-state index in [1.807, 2.05) is 41.8 Å². The molecule has 114 valence electrons. The van der Waals surface area contributed by atoms with Gasteiger partial charge in [-0.25, -0.2) is 0 Å². The van der Waals surface area contributed by atoms with Gasteiger partial charge < -0.3 is 9.47 Å². The molecule has 0 bridgehead atoms. The maximum Gasteiger partial charge on any atom is 0.235 e. The third kappa shape index (κ3) is 2.10. The third-order valence-electron chi connectivity index (χ3n) is 3.54. The van der Waals surface area contributed by atoms with E-state index >= 15 is 0 Å². The smallest absolute Gasteiger partial charge is 0.235 e. The second kappa shape index (κ2) is 5.04. The summed E-state index contributed by atoms with van der Waals surface area (Å²) in [7, 11) is 0. The van der Waals surface area contributed by atoms with Crippen LogP contribution in [0.3, 0.4) is 0 Å². The molecule has 1 aromatic carbocycles. The summed E-state index contributed by atoms with van der Waals surface area (Å²) in [5, 5.41) is 16.1. The number of thiophene rings is 1. The van der Waals surface area contributed by atoms with Crippen molar-refractivity contribution in [3.05, 3.63) is 47.6 Å². The van der Waals surface area contributed by atoms with Gasteiger partial charge in [-0.2, -0.15) is 9.61 Å². The van der Waals surface area contributed by atoms with Crippen LogP contribution in [0.4, 0.5) is 0 Å². The van der Waals surface area contributed by atoms with Crippen molar-refractivity contribution in [2.75, 3.05) is 6.61 Å². The molecule has 0 spiro atoms. The van der Waals surface area contributed by atoms with Crippen LogP contribution in [0.1, 0.15) is 11.9 Å². The van der Waals surface area contributed by atoms with Crippen molar-refractivity contribution in [3.8, 4) is 21.4 Å². The topological polar surface area (TPSA) is 61.5 Å². The van der Waals surface area contributed by atoms with Crippen LogP contribution in [0.25, 0.3) is 14.8 Å². The number of nitrogens with zero attached hydrogens (tertiary/aromatic N) is 4. The number of fused-ring (bicyclic) bond motifs is 2. The van der Waals surface area contributed by atoms with Gasteiger partial charge in [0.25, 0.3) is 0 Å². The summed E-state index contributed by atoms with van der Waals surface area (Å²) in [4.78, 5) is 1.88. The van der Waals surface area contributed by atoms with Crippen LogP contribution >= 0.6 is 22.7 Å². The van der Waals surface area contributed by atoms with Crippen molar-refractivity contribution < 1.29 is 9.47 Å². The molecule has 0 N–H and O–H groups in total. The fourth-order valence-corrected chi connectivity index (χ4v) is 4.12. The lowest BCUT2D eigenvalue weighted by atomic mass is 10.2. The quantitative estimate of drug-likeness (QED) is 0.558. The molecule has 4 aromatic rings. The Balaban J connectivity index is 1.54. The fraction of sp³-hybridized carbons (Fsp3) is 0.133. The van der Waals surface area contributed by atoms with Crippen LogP contribution in [0.2, 0.25) is 0 Å². The first-order valence-corrected chi connectivity index (χ1v) is 8.72. The molecule has 6 nitrogen and oxygen atoms in total. The Morgan fingerprint density at radius 3 is 2.87 bits per heavy atom. The lowest BCUT2D eigenvalue weighted by molar-refractivity contribution is 0.0836. The van der Waals surface area contributed by atoms with E-state index in [4.69, 9.17) is 9.47 Å². The highest BCUT2D eigenvalue weighted by Crippen LogP contribution is 2.36. The maximum absolute atomic E-state index is 6.00. The number of aromatic nitrogens is 4. The van der Waals surface area contributed by atoms with Crippen LogP contribution in [-0.4, -0.2) is 26.4 Å². The van der Waals surface area contributed by atoms with Gasteiger partial charge in [0.2, 0.25) is 4.96 Å². The third-order valence-corrected chi connectivity index (χ3v) is 5.48. The lowest BCUT2D eigenvalue weighted by Gasteiger charge is -2.24. The predicted octanol–water partition coefficient (Wildman–Crippen LogP) is 3.43. The highest BCUT2D eigenvalue weighted by atomic mass is 32.1. The van der Waals surface area contributed by atoms with E-state index in [2.05, 4.69) is 15.3 Å². The van der Waals surface area contributed by atoms with Gasteiger partial charge in [0, 0.05) is 0 Å². The molecule has 3 aromatic heterocycles. The minimum absolute atomic E-state index is 0.321. The van der Waals surface area contributed by atoms with E-state index < -0.39 is 0 Å². The molecule has 0 radical (unpaired) electrons. The van der Waals surface area contributed by atoms with Gasteiger partial charge in [0.1, 0.15) is 6.61 Å². The van der Waals surface area contributed by atoms with Gasteiger partial charge in [0.05, 0.1) is 4.88 Å². The Hall–Kier alpha value is -2.45. The van der Waals surface area contributed by atoms with Gasteiger partial charge in [0.15, 0.2) is 28.4 Å². The Labute approximate surface area is 138 Å². The summed E-state index contributed by atoms with van der Waals surface area (Å²) in [5.74, 6) is 2.13. The van der Waals surface area contributed by atoms with Crippen LogP contribution in [-0.2, 0) is 0 Å². The molecule has 0 saturated carbocycles. The first kappa shape index (κ1) is 13.0. The SMILES string of the molecule is c1csc(-c2nn3c([C@H]4COc5ccccc5O4)nnc3s2)c1. The molecule has 0 amide bonds. The molecule has 1 aliphatic heterocycles. The molecule has 1 aliphatic rings. The largest absolute Gasteiger partial charge is 0.485 e. The van der Waals surface area contributed by atoms with E-state index in [0.717, 1.165) is 20.6 Å². The van der Waals surface area contributed by atoms with Crippen molar-refractivity contribution in [1.29, 1.82) is 0 Å². The van der Waals surface area contributed by atoms with Gasteiger partial charge in [-0.3, -0.25) is 0 Å². The zero-order chi connectivity index (χ0) is 15.2. The number of rotatable bonds is 2. The number of para-hydroxylation sites is 2. The average molecular weight is 342 g/mol. The summed E-state index contributed by atoms with van der Waals surface area (Å²) < 4.78 is 13.5. The number of hydrogen-bond donors (Lipinski definition) is 0. The van der Waals surface area contributed by atoms with E-state index in [1.54, 1.807) is 15.9 Å². The zero-order valence-corrected chi connectivity index (χ0v) is 13.4. The standard InChI is InChI=1S/C15H10N4O2S2/c1-2-5-10-9(4-1)20-8-11(21-10)13-16-17-15-19(13)18-14(23-15)12-6-3-7-22-12/h1-7,11H,8H2/t11-/m1/s1. The summed E-state index contributed by atoms with van der Waals surface area (Å²) in [6.07, 6.45) is -0.321. The van der Waals surface area contributed by atoms with Crippen molar-refractivity contribution in [2.24, 2.45) is 0 Å². The van der Waals surface area contributed by atoms with Crippen molar-refractivity contribution in [3.63, 3.8) is 0 Å². The normalized spacial score (nSPS) is 16.8. The van der Waals surface area contributed by atoms with Gasteiger partial charge in [-0.1, -0.05) is 29.5 Å². The van der Waals surface area contributed by atoms with Crippen LogP contribution in [0, 0.1) is 0 Å². The number of hydrogen-bond acceptors (Lipinski definition) is 7. The molecule has 0 fully saturated rings. The fourth-order valence-electron chi connectivity index (χ4n) is 2.48. The lowest BCUT2D eigenvalue weighted by Crippen LogP contribution is -2.23. The predicted molar refractivity (Wildman–Crippen MR) is 87.3 cm³/mol. The summed E-state index contributed by atoms with van der Waals surface area (Å²) in [6.45, 7) is 0.393. The average Bonchev–Trinajstić information content (AvgIpc) is 3.30. The number of benzene rings is 1. The van der Waals surface area contributed by atoms with Crippen molar-refractivity contribution >= 4 is 27.6 Å². The van der Waals surface area contributed by atoms with Crippen LogP contribution < -0.4 is 9.47 Å². The highest BCUT2D eigenvalue weighted by Gasteiger charge is 2.28. The molecule has 0 saturated heterocycles.